The number of aliphatic hydroxyl groups excluding tert-OH is 1. The van der Waals surface area contributed by atoms with E-state index in [0.717, 1.165) is 0 Å². The van der Waals surface area contributed by atoms with E-state index >= 15 is 0 Å². The Morgan fingerprint density at radius 1 is 1.57 bits per heavy atom. The molecule has 1 aromatic rings. The highest BCUT2D eigenvalue weighted by Gasteiger charge is 2.19. The van der Waals surface area contributed by atoms with E-state index < -0.39 is 12.3 Å². The fraction of sp³-hybridized carbons (Fsp3) is 0.400. The first-order chi connectivity index (χ1) is 6.61. The van der Waals surface area contributed by atoms with Gasteiger partial charge in [-0.2, -0.15) is 0 Å². The molecule has 0 aliphatic carbocycles. The Balaban J connectivity index is 2.65. The number of rotatable bonds is 3. The van der Waals surface area contributed by atoms with Crippen molar-refractivity contribution in [3.63, 3.8) is 0 Å². The highest BCUT2D eigenvalue weighted by atomic mass is 16.6. The molecule has 0 fully saturated rings. The van der Waals surface area contributed by atoms with Crippen LogP contribution in [0.1, 0.15) is 25.5 Å². The van der Waals surface area contributed by atoms with Crippen molar-refractivity contribution in [2.45, 2.75) is 26.1 Å². The van der Waals surface area contributed by atoms with Crippen LogP contribution in [0.3, 0.4) is 0 Å². The van der Waals surface area contributed by atoms with E-state index in [2.05, 4.69) is 9.72 Å². The molecule has 0 radical (unpaired) electrons. The first-order valence-corrected chi connectivity index (χ1v) is 4.37. The fourth-order valence-corrected chi connectivity index (χ4v) is 1.06. The van der Waals surface area contributed by atoms with Gasteiger partial charge in [0.1, 0.15) is 0 Å². The second kappa shape index (κ2) is 4.72. The first kappa shape index (κ1) is 10.7. The van der Waals surface area contributed by atoms with E-state index in [1.54, 1.807) is 25.3 Å². The van der Waals surface area contributed by atoms with Crippen LogP contribution in [-0.4, -0.2) is 22.3 Å². The summed E-state index contributed by atoms with van der Waals surface area (Å²) < 4.78 is 4.64. The molecule has 0 aliphatic rings. The van der Waals surface area contributed by atoms with Gasteiger partial charge in [0, 0.05) is 18.8 Å². The lowest BCUT2D eigenvalue weighted by Crippen LogP contribution is -2.22. The van der Waals surface area contributed by atoms with Crippen LogP contribution in [0.5, 0.6) is 0 Å². The summed E-state index contributed by atoms with van der Waals surface area (Å²) in [5.74, 6) is -0.819. The number of esters is 1. The van der Waals surface area contributed by atoms with Crippen LogP contribution in [0.25, 0.3) is 0 Å². The SMILES string of the molecule is CC(=O)OC(O)C(C)c1ccccn1. The summed E-state index contributed by atoms with van der Waals surface area (Å²) in [7, 11) is 0. The van der Waals surface area contributed by atoms with E-state index in [-0.39, 0.29) is 5.92 Å². The van der Waals surface area contributed by atoms with Gasteiger partial charge in [0.25, 0.3) is 0 Å². The minimum absolute atomic E-state index is 0.319. The van der Waals surface area contributed by atoms with E-state index in [1.165, 1.54) is 6.92 Å². The number of hydrogen-bond donors (Lipinski definition) is 1. The standard InChI is InChI=1S/C10H13NO3/c1-7(10(13)14-8(2)12)9-5-3-4-6-11-9/h3-7,10,13H,1-2H3. The minimum atomic E-state index is -1.14. The largest absolute Gasteiger partial charge is 0.435 e. The monoisotopic (exact) mass is 195 g/mol. The topological polar surface area (TPSA) is 59.4 Å². The van der Waals surface area contributed by atoms with Crippen LogP contribution in [0, 0.1) is 0 Å². The van der Waals surface area contributed by atoms with Crippen LogP contribution < -0.4 is 0 Å². The Morgan fingerprint density at radius 2 is 2.29 bits per heavy atom. The molecule has 0 aliphatic heterocycles. The van der Waals surface area contributed by atoms with Crippen molar-refractivity contribution in [1.82, 2.24) is 4.98 Å². The third-order valence-corrected chi connectivity index (χ3v) is 1.87. The predicted molar refractivity (Wildman–Crippen MR) is 50.4 cm³/mol. The highest BCUT2D eigenvalue weighted by molar-refractivity contribution is 5.66. The van der Waals surface area contributed by atoms with Crippen molar-refractivity contribution in [1.29, 1.82) is 0 Å². The van der Waals surface area contributed by atoms with Crippen molar-refractivity contribution < 1.29 is 14.6 Å². The summed E-state index contributed by atoms with van der Waals surface area (Å²) in [5.41, 5.74) is 0.696. The van der Waals surface area contributed by atoms with Gasteiger partial charge in [-0.3, -0.25) is 9.78 Å². The zero-order chi connectivity index (χ0) is 10.6. The van der Waals surface area contributed by atoms with Crippen molar-refractivity contribution in [2.75, 3.05) is 0 Å². The molecule has 1 heterocycles. The molecule has 0 saturated heterocycles. The lowest BCUT2D eigenvalue weighted by molar-refractivity contribution is -0.168. The molecule has 76 valence electrons. The Hall–Kier alpha value is -1.42. The molecule has 4 heteroatoms. The molecule has 1 aromatic heterocycles. The van der Waals surface area contributed by atoms with E-state index in [1.807, 2.05) is 6.07 Å². The zero-order valence-corrected chi connectivity index (χ0v) is 8.18. The van der Waals surface area contributed by atoms with E-state index in [9.17, 15) is 9.90 Å². The molecule has 1 N–H and O–H groups in total. The van der Waals surface area contributed by atoms with Gasteiger partial charge >= 0.3 is 5.97 Å². The molecule has 14 heavy (non-hydrogen) atoms. The number of hydrogen-bond acceptors (Lipinski definition) is 4. The summed E-state index contributed by atoms with van der Waals surface area (Å²) in [5, 5.41) is 9.46. The normalized spacial score (nSPS) is 14.5. The molecule has 0 aromatic carbocycles. The predicted octanol–water partition coefficient (Wildman–Crippen LogP) is 1.07. The summed E-state index contributed by atoms with van der Waals surface area (Å²) in [6.07, 6.45) is 0.495. The zero-order valence-electron chi connectivity index (χ0n) is 8.18. The number of nitrogens with zero attached hydrogens (tertiary/aromatic N) is 1. The summed E-state index contributed by atoms with van der Waals surface area (Å²) in [6.45, 7) is 3.00. The van der Waals surface area contributed by atoms with Gasteiger partial charge in [-0.05, 0) is 12.1 Å². The summed E-state index contributed by atoms with van der Waals surface area (Å²) >= 11 is 0. The number of ether oxygens (including phenoxy) is 1. The van der Waals surface area contributed by atoms with E-state index in [4.69, 9.17) is 0 Å². The quantitative estimate of drug-likeness (QED) is 0.579. The molecular weight excluding hydrogens is 182 g/mol. The fourth-order valence-electron chi connectivity index (χ4n) is 1.06. The molecule has 0 saturated carbocycles. The van der Waals surface area contributed by atoms with Gasteiger partial charge in [-0.15, -0.1) is 0 Å². The number of carbonyl (C=O) groups is 1. The molecule has 0 amide bonds. The van der Waals surface area contributed by atoms with Gasteiger partial charge in [-0.25, -0.2) is 0 Å². The summed E-state index contributed by atoms with van der Waals surface area (Å²) in [4.78, 5) is 14.6. The molecule has 2 unspecified atom stereocenters. The lowest BCUT2D eigenvalue weighted by atomic mass is 10.1. The van der Waals surface area contributed by atoms with Crippen molar-refractivity contribution in [3.8, 4) is 0 Å². The maximum atomic E-state index is 10.6. The molecule has 0 bridgehead atoms. The van der Waals surface area contributed by atoms with Crippen LogP contribution in [0.2, 0.25) is 0 Å². The highest BCUT2D eigenvalue weighted by Crippen LogP contribution is 2.17. The smallest absolute Gasteiger partial charge is 0.304 e. The molecule has 2 atom stereocenters. The van der Waals surface area contributed by atoms with Gasteiger partial charge in [-0.1, -0.05) is 13.0 Å². The maximum Gasteiger partial charge on any atom is 0.304 e. The van der Waals surface area contributed by atoms with Crippen molar-refractivity contribution >= 4 is 5.97 Å². The number of pyridine rings is 1. The van der Waals surface area contributed by atoms with E-state index in [0.29, 0.717) is 5.69 Å². The Labute approximate surface area is 82.5 Å². The molecule has 1 rings (SSSR count). The van der Waals surface area contributed by atoms with Gasteiger partial charge in [0.2, 0.25) is 6.29 Å². The Bertz CT molecular complexity index is 299. The van der Waals surface area contributed by atoms with Crippen LogP contribution in [0.15, 0.2) is 24.4 Å². The van der Waals surface area contributed by atoms with Crippen LogP contribution in [0.4, 0.5) is 0 Å². The minimum Gasteiger partial charge on any atom is -0.435 e. The van der Waals surface area contributed by atoms with Gasteiger partial charge in [0.05, 0.1) is 5.92 Å². The van der Waals surface area contributed by atoms with Crippen molar-refractivity contribution in [3.05, 3.63) is 30.1 Å². The van der Waals surface area contributed by atoms with Gasteiger partial charge in [0.15, 0.2) is 0 Å². The maximum absolute atomic E-state index is 10.6. The molecule has 0 spiro atoms. The van der Waals surface area contributed by atoms with Gasteiger partial charge < -0.3 is 9.84 Å². The second-order valence-electron chi connectivity index (χ2n) is 3.04. The summed E-state index contributed by atoms with van der Waals surface area (Å²) in [6, 6.07) is 5.38. The first-order valence-electron chi connectivity index (χ1n) is 4.37. The van der Waals surface area contributed by atoms with Crippen molar-refractivity contribution in [2.24, 2.45) is 0 Å². The van der Waals surface area contributed by atoms with Crippen LogP contribution in [-0.2, 0) is 9.53 Å². The lowest BCUT2D eigenvalue weighted by Gasteiger charge is -2.17. The molecular formula is C10H13NO3. The third-order valence-electron chi connectivity index (χ3n) is 1.87. The number of aromatic nitrogens is 1. The van der Waals surface area contributed by atoms with Crippen LogP contribution >= 0.6 is 0 Å². The average molecular weight is 195 g/mol. The average Bonchev–Trinajstić information content (AvgIpc) is 2.17. The second-order valence-corrected chi connectivity index (χ2v) is 3.04. The third kappa shape index (κ3) is 2.81. The Kier molecular flexibility index (Phi) is 3.59. The number of aliphatic hydroxyl groups is 1. The Morgan fingerprint density at radius 3 is 2.79 bits per heavy atom. The molecule has 4 nitrogen and oxygen atoms in total. The number of carbonyl (C=O) groups excluding carboxylic acids is 1.